The number of allylic oxidation sites excluding steroid dienone is 1. The van der Waals surface area contributed by atoms with Gasteiger partial charge in [-0.1, -0.05) is 56.6 Å². The van der Waals surface area contributed by atoms with Crippen LogP contribution in [0.1, 0.15) is 64.1 Å². The Kier molecular flexibility index (Phi) is 6.30. The smallest absolute Gasteiger partial charge is 0.316 e. The SMILES string of the molecule is Cc1nn(C)c(/C(OC(=O)C(C)(C)C)=C(/C#N)c2ccc(C(C)(C)C)cc2)c1Cl. The Morgan fingerprint density at radius 2 is 1.69 bits per heavy atom. The van der Waals surface area contributed by atoms with Crippen molar-refractivity contribution in [2.24, 2.45) is 12.5 Å². The Morgan fingerprint density at radius 1 is 1.14 bits per heavy atom. The van der Waals surface area contributed by atoms with E-state index in [9.17, 15) is 10.1 Å². The minimum Gasteiger partial charge on any atom is -0.422 e. The fraction of sp³-hybridized carbons (Fsp3) is 0.435. The Balaban J connectivity index is 2.73. The Bertz CT molecular complexity index is 995. The van der Waals surface area contributed by atoms with Crippen LogP contribution in [0.2, 0.25) is 5.02 Å². The lowest BCUT2D eigenvalue weighted by Gasteiger charge is -2.21. The van der Waals surface area contributed by atoms with Gasteiger partial charge in [-0.2, -0.15) is 10.4 Å². The third kappa shape index (κ3) is 4.89. The number of aryl methyl sites for hydroxylation is 2. The first-order chi connectivity index (χ1) is 13.3. The molecule has 0 saturated heterocycles. The number of esters is 1. The maximum absolute atomic E-state index is 12.7. The molecule has 0 amide bonds. The van der Waals surface area contributed by atoms with E-state index >= 15 is 0 Å². The molecule has 0 spiro atoms. The van der Waals surface area contributed by atoms with E-state index in [1.165, 1.54) is 4.68 Å². The van der Waals surface area contributed by atoms with Gasteiger partial charge >= 0.3 is 5.97 Å². The second-order valence-corrected chi connectivity index (χ2v) is 9.53. The van der Waals surface area contributed by atoms with Gasteiger partial charge in [-0.05, 0) is 44.2 Å². The third-order valence-corrected chi connectivity index (χ3v) is 5.00. The van der Waals surface area contributed by atoms with E-state index in [0.717, 1.165) is 5.56 Å². The summed E-state index contributed by atoms with van der Waals surface area (Å²) in [6.07, 6.45) is 0. The summed E-state index contributed by atoms with van der Waals surface area (Å²) in [5, 5.41) is 14.6. The van der Waals surface area contributed by atoms with Crippen molar-refractivity contribution in [2.45, 2.75) is 53.9 Å². The fourth-order valence-corrected chi connectivity index (χ4v) is 2.97. The molecule has 2 rings (SSSR count). The molecule has 29 heavy (non-hydrogen) atoms. The van der Waals surface area contributed by atoms with Gasteiger partial charge in [0.25, 0.3) is 0 Å². The lowest BCUT2D eigenvalue weighted by molar-refractivity contribution is -0.145. The maximum Gasteiger partial charge on any atom is 0.316 e. The highest BCUT2D eigenvalue weighted by Gasteiger charge is 2.30. The molecule has 2 aromatic rings. The first kappa shape index (κ1) is 22.7. The van der Waals surface area contributed by atoms with Gasteiger partial charge in [0, 0.05) is 7.05 Å². The molecule has 0 unspecified atom stereocenters. The summed E-state index contributed by atoms with van der Waals surface area (Å²) in [5.41, 5.74) is 2.24. The predicted octanol–water partition coefficient (Wildman–Crippen LogP) is 5.66. The number of carbonyl (C=O) groups excluding carboxylic acids is 1. The number of aromatic nitrogens is 2. The highest BCUT2D eigenvalue weighted by molar-refractivity contribution is 6.33. The number of halogens is 1. The van der Waals surface area contributed by atoms with Gasteiger partial charge in [-0.25, -0.2) is 0 Å². The van der Waals surface area contributed by atoms with Crippen LogP contribution in [0.15, 0.2) is 24.3 Å². The van der Waals surface area contributed by atoms with Crippen molar-refractivity contribution in [1.82, 2.24) is 9.78 Å². The first-order valence-electron chi connectivity index (χ1n) is 9.44. The number of ether oxygens (including phenoxy) is 1. The zero-order valence-electron chi connectivity index (χ0n) is 18.3. The molecule has 154 valence electrons. The fourth-order valence-electron chi connectivity index (χ4n) is 2.73. The van der Waals surface area contributed by atoms with Crippen LogP contribution in [0.25, 0.3) is 11.3 Å². The first-order valence-corrected chi connectivity index (χ1v) is 9.82. The van der Waals surface area contributed by atoms with Crippen LogP contribution in [0.5, 0.6) is 0 Å². The lowest BCUT2D eigenvalue weighted by Crippen LogP contribution is -2.23. The number of benzene rings is 1. The molecule has 0 bridgehead atoms. The van der Waals surface area contributed by atoms with E-state index < -0.39 is 11.4 Å². The van der Waals surface area contributed by atoms with E-state index in [4.69, 9.17) is 16.3 Å². The molecule has 1 heterocycles. The van der Waals surface area contributed by atoms with E-state index in [0.29, 0.717) is 22.0 Å². The van der Waals surface area contributed by atoms with Crippen LogP contribution in [0.3, 0.4) is 0 Å². The molecule has 0 saturated carbocycles. The number of hydrogen-bond donors (Lipinski definition) is 0. The molecular formula is C23H28ClN3O2. The predicted molar refractivity (Wildman–Crippen MR) is 116 cm³/mol. The quantitative estimate of drug-likeness (QED) is 0.370. The van der Waals surface area contributed by atoms with Crippen LogP contribution < -0.4 is 0 Å². The average Bonchev–Trinajstić information content (AvgIpc) is 2.85. The van der Waals surface area contributed by atoms with E-state index in [2.05, 4.69) is 31.9 Å². The summed E-state index contributed by atoms with van der Waals surface area (Å²) in [5.74, 6) is -0.342. The van der Waals surface area contributed by atoms with E-state index in [1.807, 2.05) is 24.3 Å². The summed E-state index contributed by atoms with van der Waals surface area (Å²) < 4.78 is 7.29. The van der Waals surface area contributed by atoms with Gasteiger partial charge in [-0.3, -0.25) is 9.48 Å². The van der Waals surface area contributed by atoms with Crippen molar-refractivity contribution in [1.29, 1.82) is 5.26 Å². The Labute approximate surface area is 177 Å². The number of carbonyl (C=O) groups is 1. The molecule has 1 aromatic carbocycles. The normalized spacial score (nSPS) is 13.0. The molecule has 0 N–H and O–H groups in total. The Hall–Kier alpha value is -2.58. The molecule has 0 fully saturated rings. The van der Waals surface area contributed by atoms with Crippen molar-refractivity contribution in [2.75, 3.05) is 0 Å². The molecule has 1 aromatic heterocycles. The lowest BCUT2D eigenvalue weighted by atomic mass is 9.86. The van der Waals surface area contributed by atoms with Crippen LogP contribution in [-0.2, 0) is 22.0 Å². The number of nitriles is 1. The second kappa shape index (κ2) is 8.04. The maximum atomic E-state index is 12.7. The average molecular weight is 414 g/mol. The van der Waals surface area contributed by atoms with E-state index in [-0.39, 0.29) is 16.7 Å². The van der Waals surface area contributed by atoms with Gasteiger partial charge in [0.1, 0.15) is 17.3 Å². The minimum atomic E-state index is -0.748. The van der Waals surface area contributed by atoms with Gasteiger partial charge in [0.15, 0.2) is 5.76 Å². The summed E-state index contributed by atoms with van der Waals surface area (Å²) >= 11 is 6.46. The zero-order valence-corrected chi connectivity index (χ0v) is 19.1. The highest BCUT2D eigenvalue weighted by Crippen LogP contribution is 2.35. The van der Waals surface area contributed by atoms with Crippen molar-refractivity contribution in [3.05, 3.63) is 51.8 Å². The van der Waals surface area contributed by atoms with Gasteiger partial charge in [0.05, 0.1) is 16.1 Å². The van der Waals surface area contributed by atoms with Crippen LogP contribution in [-0.4, -0.2) is 15.7 Å². The summed E-state index contributed by atoms with van der Waals surface area (Å²) in [7, 11) is 1.71. The molecular weight excluding hydrogens is 386 g/mol. The monoisotopic (exact) mass is 413 g/mol. The summed E-state index contributed by atoms with van der Waals surface area (Å²) in [4.78, 5) is 12.7. The topological polar surface area (TPSA) is 67.9 Å². The molecule has 6 heteroatoms. The molecule has 5 nitrogen and oxygen atoms in total. The largest absolute Gasteiger partial charge is 0.422 e. The van der Waals surface area contributed by atoms with Gasteiger partial charge in [-0.15, -0.1) is 0 Å². The van der Waals surface area contributed by atoms with Crippen molar-refractivity contribution >= 4 is 28.9 Å². The zero-order chi connectivity index (χ0) is 22.1. The standard InChI is InChI=1S/C23H28ClN3O2/c1-14-18(24)19(27(8)26-14)20(29-21(28)23(5,6)7)17(13-25)15-9-11-16(12-10-15)22(2,3)4/h9-12H,1-8H3/b20-17+. The van der Waals surface area contributed by atoms with Crippen molar-refractivity contribution in [3.8, 4) is 6.07 Å². The molecule has 0 aliphatic heterocycles. The number of hydrogen-bond acceptors (Lipinski definition) is 4. The van der Waals surface area contributed by atoms with Gasteiger partial charge < -0.3 is 4.74 Å². The van der Waals surface area contributed by atoms with Crippen LogP contribution in [0.4, 0.5) is 0 Å². The van der Waals surface area contributed by atoms with Crippen LogP contribution in [0, 0.1) is 23.7 Å². The van der Waals surface area contributed by atoms with Gasteiger partial charge in [0.2, 0.25) is 0 Å². The van der Waals surface area contributed by atoms with Crippen molar-refractivity contribution < 1.29 is 9.53 Å². The minimum absolute atomic E-state index is 0.0148. The summed E-state index contributed by atoms with van der Waals surface area (Å²) in [6.45, 7) is 13.4. The number of nitrogens with zero attached hydrogens (tertiary/aromatic N) is 3. The van der Waals surface area contributed by atoms with E-state index in [1.54, 1.807) is 34.7 Å². The third-order valence-electron chi connectivity index (χ3n) is 4.55. The molecule has 0 radical (unpaired) electrons. The Morgan fingerprint density at radius 3 is 2.07 bits per heavy atom. The second-order valence-electron chi connectivity index (χ2n) is 9.15. The summed E-state index contributed by atoms with van der Waals surface area (Å²) in [6, 6.07) is 9.88. The van der Waals surface area contributed by atoms with Crippen molar-refractivity contribution in [3.63, 3.8) is 0 Å². The number of rotatable bonds is 3. The molecule has 0 aliphatic rings. The molecule has 0 atom stereocenters. The molecule has 0 aliphatic carbocycles. The highest BCUT2D eigenvalue weighted by atomic mass is 35.5. The van der Waals surface area contributed by atoms with Crippen LogP contribution >= 0.6 is 11.6 Å².